The Kier molecular flexibility index (Phi) is 4.88. The molecule has 2 unspecified atom stereocenters. The summed E-state index contributed by atoms with van der Waals surface area (Å²) in [6, 6.07) is 11.0. The van der Waals surface area contributed by atoms with Crippen molar-refractivity contribution < 1.29 is 4.52 Å². The molecule has 1 aliphatic carbocycles. The van der Waals surface area contributed by atoms with Crippen LogP contribution in [0.4, 0.5) is 0 Å². The number of aliphatic imine (C=N–C) groups is 1. The first-order chi connectivity index (χ1) is 11.6. The van der Waals surface area contributed by atoms with E-state index in [4.69, 9.17) is 4.52 Å². The summed E-state index contributed by atoms with van der Waals surface area (Å²) in [5, 5.41) is 10.9. The highest BCUT2D eigenvalue weighted by Crippen LogP contribution is 2.41. The van der Waals surface area contributed by atoms with Gasteiger partial charge in [0.1, 0.15) is 0 Å². The molecule has 0 spiro atoms. The molecule has 5 heteroatoms. The van der Waals surface area contributed by atoms with E-state index in [9.17, 15) is 0 Å². The van der Waals surface area contributed by atoms with E-state index < -0.39 is 0 Å². The third kappa shape index (κ3) is 3.78. The molecule has 1 aromatic carbocycles. The molecule has 0 saturated heterocycles. The number of nitrogens with zero attached hydrogens (tertiary/aromatic N) is 2. The van der Waals surface area contributed by atoms with E-state index in [1.165, 1.54) is 11.1 Å². The van der Waals surface area contributed by atoms with E-state index >= 15 is 0 Å². The summed E-state index contributed by atoms with van der Waals surface area (Å²) >= 11 is 0. The maximum absolute atomic E-state index is 5.35. The van der Waals surface area contributed by atoms with Gasteiger partial charge in [0.15, 0.2) is 11.7 Å². The second-order valence-electron chi connectivity index (χ2n) is 6.75. The van der Waals surface area contributed by atoms with Crippen molar-refractivity contribution in [1.29, 1.82) is 0 Å². The average Bonchev–Trinajstić information content (AvgIpc) is 3.15. The SMILES string of the molecule is CN=C(NCc1cc(C(C)C)no1)NC1CC1c1ccccc1C. The van der Waals surface area contributed by atoms with Crippen LogP contribution in [-0.4, -0.2) is 24.2 Å². The summed E-state index contributed by atoms with van der Waals surface area (Å²) in [5.74, 6) is 2.58. The molecule has 2 N–H and O–H groups in total. The van der Waals surface area contributed by atoms with Gasteiger partial charge in [-0.2, -0.15) is 0 Å². The van der Waals surface area contributed by atoms with E-state index in [0.717, 1.165) is 23.8 Å². The van der Waals surface area contributed by atoms with Gasteiger partial charge in [-0.1, -0.05) is 43.3 Å². The highest BCUT2D eigenvalue weighted by atomic mass is 16.5. The van der Waals surface area contributed by atoms with Gasteiger partial charge >= 0.3 is 0 Å². The Morgan fingerprint density at radius 3 is 2.83 bits per heavy atom. The van der Waals surface area contributed by atoms with Crippen LogP contribution in [0.1, 0.15) is 54.7 Å². The number of benzene rings is 1. The predicted octanol–water partition coefficient (Wildman–Crippen LogP) is 3.33. The van der Waals surface area contributed by atoms with Crippen LogP contribution in [-0.2, 0) is 6.54 Å². The number of guanidine groups is 1. The van der Waals surface area contributed by atoms with Crippen molar-refractivity contribution in [1.82, 2.24) is 15.8 Å². The van der Waals surface area contributed by atoms with E-state index in [2.05, 4.69) is 65.8 Å². The first-order valence-corrected chi connectivity index (χ1v) is 8.56. The van der Waals surface area contributed by atoms with Crippen molar-refractivity contribution in [2.45, 2.75) is 51.6 Å². The topological polar surface area (TPSA) is 62.5 Å². The molecule has 1 aromatic heterocycles. The molecule has 1 fully saturated rings. The molecule has 2 atom stereocenters. The van der Waals surface area contributed by atoms with E-state index in [1.54, 1.807) is 7.05 Å². The minimum Gasteiger partial charge on any atom is -0.359 e. The summed E-state index contributed by atoms with van der Waals surface area (Å²) in [7, 11) is 1.79. The molecule has 0 bridgehead atoms. The monoisotopic (exact) mass is 326 g/mol. The largest absolute Gasteiger partial charge is 0.359 e. The summed E-state index contributed by atoms with van der Waals surface area (Å²) in [5.41, 5.74) is 3.77. The van der Waals surface area contributed by atoms with Crippen LogP contribution in [0.5, 0.6) is 0 Å². The molecule has 128 valence electrons. The van der Waals surface area contributed by atoms with Crippen molar-refractivity contribution in [2.24, 2.45) is 4.99 Å². The Labute approximate surface area is 143 Å². The van der Waals surface area contributed by atoms with Gasteiger partial charge in [0.25, 0.3) is 0 Å². The second kappa shape index (κ2) is 7.07. The summed E-state index contributed by atoms with van der Waals surface area (Å²) in [6.07, 6.45) is 1.14. The number of hydrogen-bond acceptors (Lipinski definition) is 3. The quantitative estimate of drug-likeness (QED) is 0.653. The zero-order valence-corrected chi connectivity index (χ0v) is 14.8. The van der Waals surface area contributed by atoms with Crippen molar-refractivity contribution in [3.05, 3.63) is 52.9 Å². The number of rotatable bonds is 5. The minimum absolute atomic E-state index is 0.376. The fourth-order valence-corrected chi connectivity index (χ4v) is 2.93. The Hall–Kier alpha value is -2.30. The van der Waals surface area contributed by atoms with Crippen molar-refractivity contribution in [2.75, 3.05) is 7.05 Å². The lowest BCUT2D eigenvalue weighted by atomic mass is 10.0. The Bertz CT molecular complexity index is 720. The standard InChI is InChI=1S/C19H26N4O/c1-12(2)17-9-14(24-23-17)11-21-19(20-4)22-18-10-16(18)15-8-6-5-7-13(15)3/h5-9,12,16,18H,10-11H2,1-4H3,(H2,20,21,22). The van der Waals surface area contributed by atoms with Gasteiger partial charge in [-0.05, 0) is 30.4 Å². The van der Waals surface area contributed by atoms with Crippen LogP contribution in [0.3, 0.4) is 0 Å². The van der Waals surface area contributed by atoms with Crippen LogP contribution in [0, 0.1) is 6.92 Å². The van der Waals surface area contributed by atoms with Gasteiger partial charge in [0.2, 0.25) is 0 Å². The Balaban J connectivity index is 1.52. The van der Waals surface area contributed by atoms with Gasteiger partial charge in [0.05, 0.1) is 12.2 Å². The fraction of sp³-hybridized carbons (Fsp3) is 0.474. The first-order valence-electron chi connectivity index (χ1n) is 8.56. The van der Waals surface area contributed by atoms with E-state index in [1.807, 2.05) is 6.07 Å². The predicted molar refractivity (Wildman–Crippen MR) is 96.3 cm³/mol. The van der Waals surface area contributed by atoms with Crippen molar-refractivity contribution >= 4 is 5.96 Å². The molecule has 0 aliphatic heterocycles. The van der Waals surface area contributed by atoms with Gasteiger partial charge in [-0.3, -0.25) is 4.99 Å². The molecule has 1 heterocycles. The maximum atomic E-state index is 5.35. The molecule has 3 rings (SSSR count). The number of aromatic nitrogens is 1. The third-order valence-electron chi connectivity index (χ3n) is 4.52. The normalized spacial score (nSPS) is 20.3. The van der Waals surface area contributed by atoms with Gasteiger partial charge in [-0.15, -0.1) is 0 Å². The molecule has 1 aliphatic rings. The van der Waals surface area contributed by atoms with E-state index in [-0.39, 0.29) is 0 Å². The summed E-state index contributed by atoms with van der Waals surface area (Å²) < 4.78 is 5.35. The highest BCUT2D eigenvalue weighted by molar-refractivity contribution is 5.80. The Morgan fingerprint density at radius 2 is 2.17 bits per heavy atom. The maximum Gasteiger partial charge on any atom is 0.191 e. The van der Waals surface area contributed by atoms with Crippen LogP contribution in [0.2, 0.25) is 0 Å². The van der Waals surface area contributed by atoms with Crippen LogP contribution < -0.4 is 10.6 Å². The van der Waals surface area contributed by atoms with Crippen LogP contribution in [0.25, 0.3) is 0 Å². The zero-order chi connectivity index (χ0) is 17.1. The lowest BCUT2D eigenvalue weighted by Crippen LogP contribution is -2.38. The molecular weight excluding hydrogens is 300 g/mol. The van der Waals surface area contributed by atoms with Gasteiger partial charge < -0.3 is 15.2 Å². The average molecular weight is 326 g/mol. The third-order valence-corrected chi connectivity index (χ3v) is 4.52. The Morgan fingerprint density at radius 1 is 1.38 bits per heavy atom. The molecule has 24 heavy (non-hydrogen) atoms. The second-order valence-corrected chi connectivity index (χ2v) is 6.75. The number of hydrogen-bond donors (Lipinski definition) is 2. The fourth-order valence-electron chi connectivity index (χ4n) is 2.93. The lowest BCUT2D eigenvalue weighted by molar-refractivity contribution is 0.372. The zero-order valence-electron chi connectivity index (χ0n) is 14.8. The van der Waals surface area contributed by atoms with Crippen molar-refractivity contribution in [3.63, 3.8) is 0 Å². The van der Waals surface area contributed by atoms with Crippen LogP contribution >= 0.6 is 0 Å². The van der Waals surface area contributed by atoms with Gasteiger partial charge in [-0.25, -0.2) is 0 Å². The summed E-state index contributed by atoms with van der Waals surface area (Å²) in [4.78, 5) is 4.31. The summed E-state index contributed by atoms with van der Waals surface area (Å²) in [6.45, 7) is 6.97. The van der Waals surface area contributed by atoms with Gasteiger partial charge in [0, 0.05) is 25.1 Å². The molecule has 0 radical (unpaired) electrons. The molecule has 2 aromatic rings. The lowest BCUT2D eigenvalue weighted by Gasteiger charge is -2.11. The first kappa shape index (κ1) is 16.6. The number of nitrogens with one attached hydrogen (secondary N) is 2. The molecule has 0 amide bonds. The smallest absolute Gasteiger partial charge is 0.191 e. The van der Waals surface area contributed by atoms with Crippen molar-refractivity contribution in [3.8, 4) is 0 Å². The minimum atomic E-state index is 0.376. The highest BCUT2D eigenvalue weighted by Gasteiger charge is 2.39. The molecule has 5 nitrogen and oxygen atoms in total. The number of aryl methyl sites for hydroxylation is 1. The van der Waals surface area contributed by atoms with E-state index in [0.29, 0.717) is 24.4 Å². The van der Waals surface area contributed by atoms with Crippen LogP contribution in [0.15, 0.2) is 39.8 Å². The molecular formula is C19H26N4O. The molecule has 1 saturated carbocycles.